The van der Waals surface area contributed by atoms with Crippen LogP contribution in [0.25, 0.3) is 0 Å². The van der Waals surface area contributed by atoms with Crippen molar-refractivity contribution in [3.05, 3.63) is 90.5 Å². The van der Waals surface area contributed by atoms with Crippen molar-refractivity contribution in [1.29, 1.82) is 0 Å². The van der Waals surface area contributed by atoms with Gasteiger partial charge in [0.05, 0.1) is 47.9 Å². The monoisotopic (exact) mass is 578 g/mol. The Kier molecular flexibility index (Phi) is 8.63. The molecule has 3 heterocycles. The topological polar surface area (TPSA) is 96.4 Å². The van der Waals surface area contributed by atoms with Crippen LogP contribution in [-0.2, 0) is 23.9 Å². The number of aliphatic hydroxyl groups is 1. The molecule has 0 radical (unpaired) electrons. The van der Waals surface area contributed by atoms with E-state index >= 15 is 0 Å². The number of esters is 1. The van der Waals surface area contributed by atoms with Crippen LogP contribution in [0.1, 0.15) is 37.3 Å². The average Bonchev–Trinajstić information content (AvgIpc) is 3.63. The van der Waals surface area contributed by atoms with E-state index in [0.717, 1.165) is 0 Å². The second-order valence-electron chi connectivity index (χ2n) is 10.7. The lowest BCUT2D eigenvalue weighted by molar-refractivity contribution is -0.156. The summed E-state index contributed by atoms with van der Waals surface area (Å²) >= 11 is 6.53. The molecule has 216 valence electrons. The van der Waals surface area contributed by atoms with Crippen LogP contribution in [0.4, 0.5) is 5.69 Å². The van der Waals surface area contributed by atoms with Crippen LogP contribution in [0.2, 0.25) is 5.02 Å². The molecule has 41 heavy (non-hydrogen) atoms. The quantitative estimate of drug-likeness (QED) is 0.227. The third kappa shape index (κ3) is 4.98. The van der Waals surface area contributed by atoms with Gasteiger partial charge in [0.25, 0.3) is 5.91 Å². The molecule has 2 amide bonds. The summed E-state index contributed by atoms with van der Waals surface area (Å²) in [6, 6.07) is 14.1. The first-order valence-corrected chi connectivity index (χ1v) is 14.4. The Morgan fingerprint density at radius 2 is 1.90 bits per heavy atom. The number of hydrogen-bond donors (Lipinski definition) is 1. The number of likely N-dealkylation sites (tertiary alicyclic amines) is 1. The second-order valence-corrected chi connectivity index (χ2v) is 11.1. The maximum Gasteiger partial charge on any atom is 0.312 e. The molecule has 2 unspecified atom stereocenters. The molecule has 2 aromatic carbocycles. The summed E-state index contributed by atoms with van der Waals surface area (Å²) in [6.07, 6.45) is 5.06. The number of para-hydroxylation sites is 1. The molecule has 3 aliphatic heterocycles. The number of anilines is 1. The molecule has 5 rings (SSSR count). The Hall–Kier alpha value is -3.46. The highest BCUT2D eigenvalue weighted by molar-refractivity contribution is 6.34. The van der Waals surface area contributed by atoms with Gasteiger partial charge in [-0.15, -0.1) is 13.2 Å². The Morgan fingerprint density at radius 1 is 1.17 bits per heavy atom. The first-order chi connectivity index (χ1) is 19.9. The van der Waals surface area contributed by atoms with Crippen molar-refractivity contribution in [3.63, 3.8) is 0 Å². The highest BCUT2D eigenvalue weighted by atomic mass is 35.5. The minimum Gasteiger partial charge on any atom is -0.465 e. The van der Waals surface area contributed by atoms with Gasteiger partial charge in [-0.05, 0) is 43.4 Å². The molecule has 6 atom stereocenters. The number of amides is 2. The number of nitrogens with zero attached hydrogens (tertiary/aromatic N) is 2. The molecule has 3 fully saturated rings. The molecule has 1 spiro atoms. The third-order valence-corrected chi connectivity index (χ3v) is 8.77. The first kappa shape index (κ1) is 29.0. The number of ether oxygens (including phenoxy) is 2. The van der Waals surface area contributed by atoms with E-state index < -0.39 is 60.0 Å². The summed E-state index contributed by atoms with van der Waals surface area (Å²) in [5, 5.41) is 11.0. The van der Waals surface area contributed by atoms with E-state index in [4.69, 9.17) is 21.1 Å². The molecule has 3 saturated heterocycles. The summed E-state index contributed by atoms with van der Waals surface area (Å²) in [5.74, 6) is -3.08. The third-order valence-electron chi connectivity index (χ3n) is 8.46. The van der Waals surface area contributed by atoms with Crippen LogP contribution in [0, 0.1) is 11.8 Å². The minimum absolute atomic E-state index is 0.134. The van der Waals surface area contributed by atoms with E-state index in [9.17, 15) is 19.5 Å². The van der Waals surface area contributed by atoms with Crippen LogP contribution in [0.5, 0.6) is 0 Å². The summed E-state index contributed by atoms with van der Waals surface area (Å²) in [6.45, 7) is 7.44. The molecule has 2 aromatic rings. The van der Waals surface area contributed by atoms with Gasteiger partial charge in [-0.1, -0.05) is 66.2 Å². The van der Waals surface area contributed by atoms with Gasteiger partial charge in [0.2, 0.25) is 5.91 Å². The normalized spacial score (nSPS) is 26.9. The van der Waals surface area contributed by atoms with E-state index in [1.807, 2.05) is 18.2 Å². The van der Waals surface area contributed by atoms with E-state index in [2.05, 4.69) is 13.2 Å². The maximum absolute atomic E-state index is 14.7. The van der Waals surface area contributed by atoms with Crippen LogP contribution < -0.4 is 4.90 Å². The van der Waals surface area contributed by atoms with Crippen molar-refractivity contribution < 1.29 is 29.0 Å². The van der Waals surface area contributed by atoms with Crippen LogP contribution in [0.15, 0.2) is 79.9 Å². The van der Waals surface area contributed by atoms with Crippen LogP contribution >= 0.6 is 11.6 Å². The van der Waals surface area contributed by atoms with Gasteiger partial charge < -0.3 is 24.4 Å². The zero-order valence-corrected chi connectivity index (χ0v) is 23.6. The second kappa shape index (κ2) is 12.2. The summed E-state index contributed by atoms with van der Waals surface area (Å²) in [7, 11) is 0. The lowest BCUT2D eigenvalue weighted by Gasteiger charge is -2.39. The summed E-state index contributed by atoms with van der Waals surface area (Å²) < 4.78 is 12.1. The van der Waals surface area contributed by atoms with E-state index in [1.165, 1.54) is 9.80 Å². The van der Waals surface area contributed by atoms with Gasteiger partial charge in [0.15, 0.2) is 0 Å². The lowest BCUT2D eigenvalue weighted by Crippen LogP contribution is -2.57. The number of allylic oxidation sites excluding steroid dienone is 1. The first-order valence-electron chi connectivity index (χ1n) is 14.0. The number of carbonyl (C=O) groups excluding carboxylic acids is 3. The van der Waals surface area contributed by atoms with Crippen molar-refractivity contribution in [2.24, 2.45) is 11.8 Å². The fourth-order valence-electron chi connectivity index (χ4n) is 6.75. The van der Waals surface area contributed by atoms with Crippen molar-refractivity contribution >= 4 is 35.1 Å². The fraction of sp³-hybridized carbons (Fsp3) is 0.406. The van der Waals surface area contributed by atoms with Gasteiger partial charge in [-0.3, -0.25) is 14.4 Å². The highest BCUT2D eigenvalue weighted by Crippen LogP contribution is 2.60. The fourth-order valence-corrected chi connectivity index (χ4v) is 6.99. The number of rotatable bonds is 12. The molecule has 0 aliphatic carbocycles. The molecule has 0 saturated carbocycles. The number of fused-ring (bicyclic) bond motifs is 1. The number of hydrogen-bond acceptors (Lipinski definition) is 6. The predicted molar refractivity (Wildman–Crippen MR) is 155 cm³/mol. The van der Waals surface area contributed by atoms with Crippen LogP contribution in [-0.4, -0.2) is 65.3 Å². The van der Waals surface area contributed by atoms with Crippen molar-refractivity contribution in [2.75, 3.05) is 24.7 Å². The molecule has 3 aliphatic rings. The van der Waals surface area contributed by atoms with E-state index in [1.54, 1.807) is 48.6 Å². The minimum atomic E-state index is -1.26. The number of unbranched alkanes of at least 4 members (excludes halogenated alkanes) is 1. The van der Waals surface area contributed by atoms with Gasteiger partial charge in [0.1, 0.15) is 11.6 Å². The number of benzene rings is 2. The maximum atomic E-state index is 14.7. The van der Waals surface area contributed by atoms with Gasteiger partial charge in [-0.2, -0.15) is 0 Å². The Labute approximate surface area is 245 Å². The Balaban J connectivity index is 1.59. The molecule has 2 bridgehead atoms. The van der Waals surface area contributed by atoms with E-state index in [0.29, 0.717) is 42.0 Å². The molecular formula is C32H35ClN2O6. The molecular weight excluding hydrogens is 544 g/mol. The standard InChI is InChI=1S/C32H35ClN2O6/c1-3-5-11-19-40-31(39)26-25-16-17-32(41-25)27(26)29(37)35(24(20-36)21-12-7-6-8-13-21)28(32)30(38)34(18-4-2)23-15-10-9-14-22(23)33/h3-4,6-10,12-15,24-28,36H,1-2,5,11,16-20H2/t24-,25-,26+,27+,28?,32?/m1/s1. The smallest absolute Gasteiger partial charge is 0.312 e. The lowest BCUT2D eigenvalue weighted by atomic mass is 9.70. The summed E-state index contributed by atoms with van der Waals surface area (Å²) in [4.78, 5) is 45.4. The predicted octanol–water partition coefficient (Wildman–Crippen LogP) is 4.48. The molecule has 1 N–H and O–H groups in total. The molecule has 9 heteroatoms. The average molecular weight is 579 g/mol. The van der Waals surface area contributed by atoms with Gasteiger partial charge in [0, 0.05) is 6.54 Å². The van der Waals surface area contributed by atoms with Gasteiger partial charge in [-0.25, -0.2) is 0 Å². The Bertz CT molecular complexity index is 1320. The molecule has 0 aromatic heterocycles. The van der Waals surface area contributed by atoms with Crippen molar-refractivity contribution in [1.82, 2.24) is 4.90 Å². The highest BCUT2D eigenvalue weighted by Gasteiger charge is 2.75. The SMILES string of the molecule is C=CCCCOC(=O)[C@@H]1[C@H]2C(=O)N([C@H](CO)c3ccccc3)C(C(=O)N(CC=C)c3ccccc3Cl)C23CC[C@H]1O3. The van der Waals surface area contributed by atoms with Crippen molar-refractivity contribution in [2.45, 2.75) is 49.5 Å². The van der Waals surface area contributed by atoms with Crippen LogP contribution in [0.3, 0.4) is 0 Å². The zero-order chi connectivity index (χ0) is 29.1. The number of halogens is 1. The van der Waals surface area contributed by atoms with E-state index in [-0.39, 0.29) is 13.2 Å². The van der Waals surface area contributed by atoms with Crippen molar-refractivity contribution in [3.8, 4) is 0 Å². The number of carbonyl (C=O) groups is 3. The Morgan fingerprint density at radius 3 is 2.59 bits per heavy atom. The number of aliphatic hydroxyl groups excluding tert-OH is 1. The summed E-state index contributed by atoms with van der Waals surface area (Å²) in [5.41, 5.74) is -0.118. The largest absolute Gasteiger partial charge is 0.465 e. The molecule has 8 nitrogen and oxygen atoms in total. The van der Waals surface area contributed by atoms with Gasteiger partial charge >= 0.3 is 5.97 Å². The zero-order valence-electron chi connectivity index (χ0n) is 22.9.